The maximum atomic E-state index is 8.88. The van der Waals surface area contributed by atoms with Crippen LogP contribution in [0.2, 0.25) is 0 Å². The zero-order chi connectivity index (χ0) is 10.9. The Bertz CT molecular complexity index is 279. The van der Waals surface area contributed by atoms with Gasteiger partial charge in [0.2, 0.25) is 0 Å². The van der Waals surface area contributed by atoms with Crippen LogP contribution in [0.25, 0.3) is 0 Å². The molecule has 1 aromatic carbocycles. The Morgan fingerprint density at radius 2 is 1.87 bits per heavy atom. The van der Waals surface area contributed by atoms with E-state index in [-0.39, 0.29) is 6.61 Å². The van der Waals surface area contributed by atoms with Gasteiger partial charge in [0.05, 0.1) is 6.61 Å². The number of aliphatic hydroxyl groups is 1. The van der Waals surface area contributed by atoms with Crippen LogP contribution in [0.1, 0.15) is 24.0 Å². The van der Waals surface area contributed by atoms with Crippen molar-refractivity contribution >= 4 is 0 Å². The topological polar surface area (TPSA) is 32.3 Å². The Morgan fingerprint density at radius 1 is 1.20 bits per heavy atom. The molecule has 0 unspecified atom stereocenters. The number of unbranched alkanes of at least 4 members (excludes halogenated alkanes) is 1. The lowest BCUT2D eigenvalue weighted by Crippen LogP contribution is -2.14. The molecule has 2 nitrogen and oxygen atoms in total. The average Bonchev–Trinajstić information content (AvgIpc) is 2.30. The standard InChI is InChI=1S/C13H19NO/c1-2-3-4-9-14-10-12-5-7-13(11-15)8-6-12/h2,5-8,14-15H,1,3-4,9-11H2. The van der Waals surface area contributed by atoms with Gasteiger partial charge in [0.25, 0.3) is 0 Å². The number of nitrogens with one attached hydrogen (secondary N) is 1. The summed E-state index contributed by atoms with van der Waals surface area (Å²) in [4.78, 5) is 0. The summed E-state index contributed by atoms with van der Waals surface area (Å²) in [6, 6.07) is 8.01. The van der Waals surface area contributed by atoms with E-state index < -0.39 is 0 Å². The lowest BCUT2D eigenvalue weighted by Gasteiger charge is -2.04. The minimum Gasteiger partial charge on any atom is -0.392 e. The van der Waals surface area contributed by atoms with E-state index in [1.165, 1.54) is 5.56 Å². The lowest BCUT2D eigenvalue weighted by molar-refractivity contribution is 0.282. The Hall–Kier alpha value is -1.12. The van der Waals surface area contributed by atoms with Crippen molar-refractivity contribution in [3.63, 3.8) is 0 Å². The van der Waals surface area contributed by atoms with Crippen LogP contribution in [0.5, 0.6) is 0 Å². The highest BCUT2D eigenvalue weighted by molar-refractivity contribution is 5.21. The lowest BCUT2D eigenvalue weighted by atomic mass is 10.1. The SMILES string of the molecule is C=CCCCNCc1ccc(CO)cc1. The highest BCUT2D eigenvalue weighted by atomic mass is 16.3. The molecular weight excluding hydrogens is 186 g/mol. The van der Waals surface area contributed by atoms with Gasteiger partial charge in [-0.15, -0.1) is 6.58 Å². The third-order valence-electron chi connectivity index (χ3n) is 2.30. The van der Waals surface area contributed by atoms with Crippen molar-refractivity contribution in [2.75, 3.05) is 6.54 Å². The van der Waals surface area contributed by atoms with Crippen molar-refractivity contribution in [2.45, 2.75) is 26.0 Å². The molecule has 2 N–H and O–H groups in total. The van der Waals surface area contributed by atoms with Gasteiger partial charge >= 0.3 is 0 Å². The van der Waals surface area contributed by atoms with Crippen molar-refractivity contribution in [3.8, 4) is 0 Å². The Labute approximate surface area is 91.6 Å². The molecule has 0 saturated carbocycles. The smallest absolute Gasteiger partial charge is 0.0681 e. The highest BCUT2D eigenvalue weighted by Gasteiger charge is 1.93. The molecule has 0 saturated heterocycles. The van der Waals surface area contributed by atoms with Crippen LogP contribution in [0.3, 0.4) is 0 Å². The fourth-order valence-corrected chi connectivity index (χ4v) is 1.37. The second-order valence-electron chi connectivity index (χ2n) is 3.58. The van der Waals surface area contributed by atoms with E-state index >= 15 is 0 Å². The number of allylic oxidation sites excluding steroid dienone is 1. The zero-order valence-corrected chi connectivity index (χ0v) is 9.08. The molecule has 0 amide bonds. The maximum Gasteiger partial charge on any atom is 0.0681 e. The van der Waals surface area contributed by atoms with Crippen LogP contribution < -0.4 is 5.32 Å². The molecule has 0 radical (unpaired) electrons. The van der Waals surface area contributed by atoms with E-state index in [9.17, 15) is 0 Å². The first-order chi connectivity index (χ1) is 7.36. The van der Waals surface area contributed by atoms with Crippen LogP contribution in [-0.4, -0.2) is 11.7 Å². The van der Waals surface area contributed by atoms with E-state index in [0.29, 0.717) is 0 Å². The molecule has 2 heteroatoms. The van der Waals surface area contributed by atoms with Crippen molar-refractivity contribution in [3.05, 3.63) is 48.0 Å². The van der Waals surface area contributed by atoms with Crippen molar-refractivity contribution in [1.29, 1.82) is 0 Å². The molecule has 1 aromatic rings. The minimum absolute atomic E-state index is 0.118. The normalized spacial score (nSPS) is 10.2. The van der Waals surface area contributed by atoms with E-state index in [1.54, 1.807) is 0 Å². The molecular formula is C13H19NO. The third kappa shape index (κ3) is 4.77. The second-order valence-corrected chi connectivity index (χ2v) is 3.58. The van der Waals surface area contributed by atoms with Crippen LogP contribution in [0, 0.1) is 0 Å². The molecule has 1 rings (SSSR count). The molecule has 0 aliphatic rings. The second kappa shape index (κ2) is 7.21. The summed E-state index contributed by atoms with van der Waals surface area (Å²) in [6.07, 6.45) is 4.15. The van der Waals surface area contributed by atoms with Gasteiger partial charge in [-0.05, 0) is 30.5 Å². The number of benzene rings is 1. The van der Waals surface area contributed by atoms with Gasteiger partial charge < -0.3 is 10.4 Å². The number of rotatable bonds is 7. The summed E-state index contributed by atoms with van der Waals surface area (Å²) in [5.41, 5.74) is 2.22. The van der Waals surface area contributed by atoms with Gasteiger partial charge in [0.15, 0.2) is 0 Å². The average molecular weight is 205 g/mol. The van der Waals surface area contributed by atoms with Gasteiger partial charge in [-0.1, -0.05) is 30.3 Å². The molecule has 0 bridgehead atoms. The molecule has 0 aliphatic heterocycles. The van der Waals surface area contributed by atoms with Crippen molar-refractivity contribution in [1.82, 2.24) is 5.32 Å². The molecule has 0 heterocycles. The summed E-state index contributed by atoms with van der Waals surface area (Å²) in [5.74, 6) is 0. The Balaban J connectivity index is 2.22. The number of hydrogen-bond donors (Lipinski definition) is 2. The minimum atomic E-state index is 0.118. The van der Waals surface area contributed by atoms with Gasteiger partial charge in [-0.3, -0.25) is 0 Å². The summed E-state index contributed by atoms with van der Waals surface area (Å²) >= 11 is 0. The Kier molecular flexibility index (Phi) is 5.74. The zero-order valence-electron chi connectivity index (χ0n) is 9.08. The van der Waals surface area contributed by atoms with Crippen LogP contribution in [0.4, 0.5) is 0 Å². The quantitative estimate of drug-likeness (QED) is 0.528. The van der Waals surface area contributed by atoms with Crippen LogP contribution >= 0.6 is 0 Å². The van der Waals surface area contributed by atoms with Gasteiger partial charge in [-0.2, -0.15) is 0 Å². The molecule has 0 atom stereocenters. The first-order valence-corrected chi connectivity index (χ1v) is 5.37. The molecule has 0 aromatic heterocycles. The van der Waals surface area contributed by atoms with Crippen molar-refractivity contribution in [2.24, 2.45) is 0 Å². The monoisotopic (exact) mass is 205 g/mol. The summed E-state index contributed by atoms with van der Waals surface area (Å²) in [5, 5.41) is 12.2. The fraction of sp³-hybridized carbons (Fsp3) is 0.385. The molecule has 0 fully saturated rings. The van der Waals surface area contributed by atoms with E-state index in [0.717, 1.165) is 31.5 Å². The summed E-state index contributed by atoms with van der Waals surface area (Å²) < 4.78 is 0. The predicted molar refractivity (Wildman–Crippen MR) is 63.5 cm³/mol. The summed E-state index contributed by atoms with van der Waals surface area (Å²) in [6.45, 7) is 5.72. The fourth-order valence-electron chi connectivity index (χ4n) is 1.37. The van der Waals surface area contributed by atoms with Crippen LogP contribution in [0.15, 0.2) is 36.9 Å². The van der Waals surface area contributed by atoms with E-state index in [4.69, 9.17) is 5.11 Å². The van der Waals surface area contributed by atoms with Gasteiger partial charge in [0.1, 0.15) is 0 Å². The number of hydrogen-bond acceptors (Lipinski definition) is 2. The molecule has 0 aliphatic carbocycles. The third-order valence-corrected chi connectivity index (χ3v) is 2.30. The Morgan fingerprint density at radius 3 is 2.47 bits per heavy atom. The summed E-state index contributed by atoms with van der Waals surface area (Å²) in [7, 11) is 0. The van der Waals surface area contributed by atoms with E-state index in [2.05, 4.69) is 11.9 Å². The van der Waals surface area contributed by atoms with E-state index in [1.807, 2.05) is 30.3 Å². The first-order valence-electron chi connectivity index (χ1n) is 5.37. The van der Waals surface area contributed by atoms with Gasteiger partial charge in [0, 0.05) is 6.54 Å². The maximum absolute atomic E-state index is 8.88. The van der Waals surface area contributed by atoms with Crippen molar-refractivity contribution < 1.29 is 5.11 Å². The van der Waals surface area contributed by atoms with Gasteiger partial charge in [-0.25, -0.2) is 0 Å². The molecule has 15 heavy (non-hydrogen) atoms. The highest BCUT2D eigenvalue weighted by Crippen LogP contribution is 2.03. The van der Waals surface area contributed by atoms with Crippen LogP contribution in [-0.2, 0) is 13.2 Å². The number of aliphatic hydroxyl groups excluding tert-OH is 1. The largest absolute Gasteiger partial charge is 0.392 e. The molecule has 82 valence electrons. The molecule has 0 spiro atoms. The first kappa shape index (κ1) is 12.0. The predicted octanol–water partition coefficient (Wildman–Crippen LogP) is 2.23.